The second-order valence-electron chi connectivity index (χ2n) is 6.31. The summed E-state index contributed by atoms with van der Waals surface area (Å²) in [5.74, 6) is 2.12. The maximum Gasteiger partial charge on any atom is 0.257 e. The number of aromatic nitrogens is 2. The number of hydrogen-bond donors (Lipinski definition) is 2. The molecule has 7 nitrogen and oxygen atoms in total. The zero-order valence-corrected chi connectivity index (χ0v) is 13.8. The summed E-state index contributed by atoms with van der Waals surface area (Å²) in [5.41, 5.74) is 0.482. The third-order valence-electron chi connectivity index (χ3n) is 4.50. The van der Waals surface area contributed by atoms with Gasteiger partial charge in [0.2, 0.25) is 6.79 Å². The highest BCUT2D eigenvalue weighted by molar-refractivity contribution is 6.04. The lowest BCUT2D eigenvalue weighted by molar-refractivity contribution is 0.102. The Morgan fingerprint density at radius 1 is 0.960 bits per heavy atom. The minimum absolute atomic E-state index is 0.182. The van der Waals surface area contributed by atoms with Gasteiger partial charge in [-0.2, -0.15) is 0 Å². The van der Waals surface area contributed by atoms with Crippen LogP contribution in [0.25, 0.3) is 0 Å². The average Bonchev–Trinajstić information content (AvgIpc) is 3.12. The number of hydrogen-bond acceptors (Lipinski definition) is 6. The van der Waals surface area contributed by atoms with Gasteiger partial charge in [0, 0.05) is 11.6 Å². The number of anilines is 2. The Morgan fingerprint density at radius 2 is 1.72 bits per heavy atom. The molecule has 0 atom stereocenters. The van der Waals surface area contributed by atoms with Crippen molar-refractivity contribution in [3.63, 3.8) is 0 Å². The van der Waals surface area contributed by atoms with Crippen LogP contribution in [0.3, 0.4) is 0 Å². The van der Waals surface area contributed by atoms with Gasteiger partial charge in [-0.3, -0.25) is 4.79 Å². The second kappa shape index (κ2) is 6.96. The molecule has 7 heteroatoms. The molecule has 1 saturated carbocycles. The van der Waals surface area contributed by atoms with Crippen LogP contribution in [0, 0.1) is 0 Å². The van der Waals surface area contributed by atoms with Gasteiger partial charge in [-0.05, 0) is 43.2 Å². The van der Waals surface area contributed by atoms with Gasteiger partial charge < -0.3 is 20.1 Å². The van der Waals surface area contributed by atoms with E-state index in [0.717, 1.165) is 5.82 Å². The number of carbonyl (C=O) groups is 1. The van der Waals surface area contributed by atoms with Crippen molar-refractivity contribution in [1.29, 1.82) is 0 Å². The predicted octanol–water partition coefficient (Wildman–Crippen LogP) is 3.20. The number of amides is 1. The number of fused-ring (bicyclic) bond motifs is 1. The number of carbonyl (C=O) groups excluding carboxylic acids is 1. The number of ether oxygens (including phenoxy) is 2. The van der Waals surface area contributed by atoms with Crippen LogP contribution in [0.2, 0.25) is 0 Å². The Balaban J connectivity index is 1.38. The zero-order valence-electron chi connectivity index (χ0n) is 13.8. The summed E-state index contributed by atoms with van der Waals surface area (Å²) in [4.78, 5) is 12.3. The first-order chi connectivity index (χ1) is 12.3. The van der Waals surface area contributed by atoms with Crippen molar-refractivity contribution in [3.8, 4) is 11.5 Å². The Morgan fingerprint density at radius 3 is 2.52 bits per heavy atom. The third kappa shape index (κ3) is 3.65. The van der Waals surface area contributed by atoms with Crippen molar-refractivity contribution < 1.29 is 14.3 Å². The molecular formula is C18H20N4O3. The summed E-state index contributed by atoms with van der Waals surface area (Å²) >= 11 is 0. The van der Waals surface area contributed by atoms with Gasteiger partial charge in [-0.1, -0.05) is 19.3 Å². The van der Waals surface area contributed by atoms with E-state index >= 15 is 0 Å². The molecule has 1 amide bonds. The van der Waals surface area contributed by atoms with Crippen LogP contribution in [-0.4, -0.2) is 28.9 Å². The molecule has 2 heterocycles. The van der Waals surface area contributed by atoms with Crippen LogP contribution in [0.15, 0.2) is 30.3 Å². The summed E-state index contributed by atoms with van der Waals surface area (Å²) in [7, 11) is 0. The van der Waals surface area contributed by atoms with E-state index in [4.69, 9.17) is 9.47 Å². The van der Waals surface area contributed by atoms with E-state index in [-0.39, 0.29) is 12.7 Å². The standard InChI is InChI=1S/C18H20N4O3/c23-18(12-6-7-14-15(10-12)25-11-24-14)20-17-9-8-16(21-22-17)19-13-4-2-1-3-5-13/h6-10,13H,1-5,11H2,(H,19,21)(H,20,22,23). The van der Waals surface area contributed by atoms with E-state index in [1.54, 1.807) is 24.3 Å². The molecule has 0 spiro atoms. The molecule has 4 rings (SSSR count). The van der Waals surface area contributed by atoms with Crippen molar-refractivity contribution in [2.75, 3.05) is 17.4 Å². The minimum Gasteiger partial charge on any atom is -0.454 e. The lowest BCUT2D eigenvalue weighted by Crippen LogP contribution is -2.23. The van der Waals surface area contributed by atoms with E-state index in [1.165, 1.54) is 32.1 Å². The summed E-state index contributed by atoms with van der Waals surface area (Å²) in [6, 6.07) is 9.14. The van der Waals surface area contributed by atoms with Crippen molar-refractivity contribution in [2.24, 2.45) is 0 Å². The van der Waals surface area contributed by atoms with Crippen molar-refractivity contribution >= 4 is 17.5 Å². The first-order valence-corrected chi connectivity index (χ1v) is 8.59. The average molecular weight is 340 g/mol. The summed E-state index contributed by atoms with van der Waals surface area (Å²) < 4.78 is 10.5. The van der Waals surface area contributed by atoms with E-state index in [1.807, 2.05) is 6.07 Å². The number of nitrogens with one attached hydrogen (secondary N) is 2. The minimum atomic E-state index is -0.263. The van der Waals surface area contributed by atoms with Crippen LogP contribution >= 0.6 is 0 Å². The van der Waals surface area contributed by atoms with Crippen molar-refractivity contribution in [2.45, 2.75) is 38.1 Å². The highest BCUT2D eigenvalue weighted by Crippen LogP contribution is 2.32. The maximum atomic E-state index is 12.3. The number of rotatable bonds is 4. The molecular weight excluding hydrogens is 320 g/mol. The Kier molecular flexibility index (Phi) is 4.37. The van der Waals surface area contributed by atoms with Crippen LogP contribution in [0.1, 0.15) is 42.5 Å². The molecule has 1 aliphatic carbocycles. The Hall–Kier alpha value is -2.83. The van der Waals surface area contributed by atoms with Crippen molar-refractivity contribution in [1.82, 2.24) is 10.2 Å². The van der Waals surface area contributed by atoms with Gasteiger partial charge in [-0.25, -0.2) is 0 Å². The topological polar surface area (TPSA) is 85.4 Å². The van der Waals surface area contributed by atoms with Gasteiger partial charge >= 0.3 is 0 Å². The van der Waals surface area contributed by atoms with Gasteiger partial charge in [-0.15, -0.1) is 10.2 Å². The zero-order chi connectivity index (χ0) is 17.1. The molecule has 2 aliphatic rings. The largest absolute Gasteiger partial charge is 0.454 e. The lowest BCUT2D eigenvalue weighted by atomic mass is 9.95. The normalized spacial score (nSPS) is 16.5. The molecule has 0 saturated heterocycles. The van der Waals surface area contributed by atoms with Crippen LogP contribution in [0.4, 0.5) is 11.6 Å². The summed E-state index contributed by atoms with van der Waals surface area (Å²) in [6.07, 6.45) is 6.17. The highest BCUT2D eigenvalue weighted by Gasteiger charge is 2.17. The second-order valence-corrected chi connectivity index (χ2v) is 6.31. The molecule has 130 valence electrons. The Bertz CT molecular complexity index is 757. The highest BCUT2D eigenvalue weighted by atomic mass is 16.7. The quantitative estimate of drug-likeness (QED) is 0.889. The fourth-order valence-corrected chi connectivity index (χ4v) is 3.16. The fraction of sp³-hybridized carbons (Fsp3) is 0.389. The molecule has 0 radical (unpaired) electrons. The first kappa shape index (κ1) is 15.7. The maximum absolute atomic E-state index is 12.3. The molecule has 2 aromatic rings. The molecule has 1 aromatic heterocycles. The third-order valence-corrected chi connectivity index (χ3v) is 4.50. The molecule has 25 heavy (non-hydrogen) atoms. The first-order valence-electron chi connectivity index (χ1n) is 8.59. The predicted molar refractivity (Wildman–Crippen MR) is 93.0 cm³/mol. The SMILES string of the molecule is O=C(Nc1ccc(NC2CCCCC2)nn1)c1ccc2c(c1)OCO2. The van der Waals surface area contributed by atoms with Crippen LogP contribution in [-0.2, 0) is 0 Å². The Labute approximate surface area is 145 Å². The van der Waals surface area contributed by atoms with E-state index in [9.17, 15) is 4.79 Å². The molecule has 1 fully saturated rings. The van der Waals surface area contributed by atoms with E-state index < -0.39 is 0 Å². The van der Waals surface area contributed by atoms with Gasteiger partial charge in [0.1, 0.15) is 5.82 Å². The molecule has 0 bridgehead atoms. The van der Waals surface area contributed by atoms with Gasteiger partial charge in [0.25, 0.3) is 5.91 Å². The number of nitrogens with zero attached hydrogens (tertiary/aromatic N) is 2. The molecule has 1 aliphatic heterocycles. The van der Waals surface area contributed by atoms with Crippen LogP contribution in [0.5, 0.6) is 11.5 Å². The summed E-state index contributed by atoms with van der Waals surface area (Å²) in [5, 5.41) is 14.4. The molecule has 1 aromatic carbocycles. The van der Waals surface area contributed by atoms with Gasteiger partial charge in [0.05, 0.1) is 0 Å². The lowest BCUT2D eigenvalue weighted by Gasteiger charge is -2.22. The monoisotopic (exact) mass is 340 g/mol. The van der Waals surface area contributed by atoms with E-state index in [2.05, 4.69) is 20.8 Å². The van der Waals surface area contributed by atoms with Crippen molar-refractivity contribution in [3.05, 3.63) is 35.9 Å². The fourth-order valence-electron chi connectivity index (χ4n) is 3.16. The van der Waals surface area contributed by atoms with Gasteiger partial charge in [0.15, 0.2) is 17.3 Å². The number of benzene rings is 1. The molecule has 0 unspecified atom stereocenters. The smallest absolute Gasteiger partial charge is 0.257 e. The van der Waals surface area contributed by atoms with Crippen LogP contribution < -0.4 is 20.1 Å². The van der Waals surface area contributed by atoms with E-state index in [0.29, 0.717) is 28.9 Å². The summed E-state index contributed by atoms with van der Waals surface area (Å²) in [6.45, 7) is 0.182. The molecule has 2 N–H and O–H groups in total.